The minimum Gasteiger partial charge on any atom is -0.312 e. The van der Waals surface area contributed by atoms with Crippen LogP contribution >= 0.6 is 27.5 Å². The molecule has 0 fully saturated rings. The van der Waals surface area contributed by atoms with Gasteiger partial charge in [0, 0.05) is 11.6 Å². The summed E-state index contributed by atoms with van der Waals surface area (Å²) in [4.78, 5) is 0. The molecular weight excluding hydrogens is 280 g/mol. The van der Waals surface area contributed by atoms with Crippen LogP contribution in [0.3, 0.4) is 0 Å². The molecule has 0 heterocycles. The fourth-order valence-corrected chi connectivity index (χ4v) is 1.90. The summed E-state index contributed by atoms with van der Waals surface area (Å²) in [6.45, 7) is 5.74. The highest BCUT2D eigenvalue weighted by Gasteiger charge is 2.06. The second kappa shape index (κ2) is 5.83. The van der Waals surface area contributed by atoms with Crippen LogP contribution in [-0.2, 0) is 6.54 Å². The van der Waals surface area contributed by atoms with Gasteiger partial charge in [0.15, 0.2) is 0 Å². The van der Waals surface area contributed by atoms with Crippen molar-refractivity contribution in [3.63, 3.8) is 0 Å². The van der Waals surface area contributed by atoms with Crippen molar-refractivity contribution in [2.75, 3.05) is 6.54 Å². The summed E-state index contributed by atoms with van der Waals surface area (Å²) >= 11 is 9.07. The van der Waals surface area contributed by atoms with Gasteiger partial charge in [0.2, 0.25) is 0 Å². The van der Waals surface area contributed by atoms with Crippen LogP contribution in [0.1, 0.15) is 19.4 Å². The Labute approximate surface area is 103 Å². The number of benzene rings is 1. The van der Waals surface area contributed by atoms with E-state index in [2.05, 4.69) is 35.1 Å². The molecule has 84 valence electrons. The third-order valence-corrected chi connectivity index (χ3v) is 2.92. The Balaban J connectivity index is 2.65. The van der Waals surface area contributed by atoms with Crippen molar-refractivity contribution in [2.24, 2.45) is 5.92 Å². The molecule has 0 atom stereocenters. The molecule has 15 heavy (non-hydrogen) atoms. The van der Waals surface area contributed by atoms with Crippen molar-refractivity contribution in [1.82, 2.24) is 5.32 Å². The Kier molecular flexibility index (Phi) is 5.03. The lowest BCUT2D eigenvalue weighted by Crippen LogP contribution is -2.19. The van der Waals surface area contributed by atoms with Gasteiger partial charge in [0.25, 0.3) is 0 Å². The van der Waals surface area contributed by atoms with Crippen LogP contribution in [0.4, 0.5) is 4.39 Å². The van der Waals surface area contributed by atoms with Gasteiger partial charge in [-0.1, -0.05) is 25.4 Å². The normalized spacial score (nSPS) is 11.1. The molecule has 1 aromatic rings. The van der Waals surface area contributed by atoms with Crippen LogP contribution in [-0.4, -0.2) is 6.54 Å². The molecular formula is C11H14BrClFN. The van der Waals surface area contributed by atoms with Gasteiger partial charge < -0.3 is 5.32 Å². The molecule has 4 heteroatoms. The lowest BCUT2D eigenvalue weighted by molar-refractivity contribution is 0.550. The highest BCUT2D eigenvalue weighted by atomic mass is 79.9. The maximum atomic E-state index is 13.2. The van der Waals surface area contributed by atoms with Crippen molar-refractivity contribution >= 4 is 27.5 Å². The predicted molar refractivity (Wildman–Crippen MR) is 65.7 cm³/mol. The Morgan fingerprint density at radius 3 is 2.73 bits per heavy atom. The van der Waals surface area contributed by atoms with Crippen LogP contribution < -0.4 is 5.32 Å². The van der Waals surface area contributed by atoms with E-state index < -0.39 is 0 Å². The van der Waals surface area contributed by atoms with Crippen LogP contribution in [0.5, 0.6) is 0 Å². The molecule has 1 N–H and O–H groups in total. The number of hydrogen-bond donors (Lipinski definition) is 1. The average Bonchev–Trinajstić information content (AvgIpc) is 2.13. The average molecular weight is 295 g/mol. The Morgan fingerprint density at radius 1 is 1.47 bits per heavy atom. The zero-order chi connectivity index (χ0) is 11.4. The molecule has 0 bridgehead atoms. The molecule has 0 radical (unpaired) electrons. The van der Waals surface area contributed by atoms with E-state index >= 15 is 0 Å². The number of rotatable bonds is 4. The summed E-state index contributed by atoms with van der Waals surface area (Å²) in [6.07, 6.45) is 0. The van der Waals surface area contributed by atoms with E-state index in [1.165, 1.54) is 6.07 Å². The fourth-order valence-electron chi connectivity index (χ4n) is 1.19. The van der Waals surface area contributed by atoms with Crippen molar-refractivity contribution in [3.05, 3.63) is 33.0 Å². The third-order valence-electron chi connectivity index (χ3n) is 1.96. The van der Waals surface area contributed by atoms with Gasteiger partial charge in [-0.25, -0.2) is 4.39 Å². The Hall–Kier alpha value is -0.120. The lowest BCUT2D eigenvalue weighted by Gasteiger charge is -2.09. The SMILES string of the molecule is CC(C)CNCc1cc(F)c(Br)cc1Cl. The molecule has 0 aliphatic carbocycles. The maximum Gasteiger partial charge on any atom is 0.137 e. The minimum absolute atomic E-state index is 0.277. The summed E-state index contributed by atoms with van der Waals surface area (Å²) in [7, 11) is 0. The van der Waals surface area contributed by atoms with E-state index in [4.69, 9.17) is 11.6 Å². The van der Waals surface area contributed by atoms with Gasteiger partial charge in [0.1, 0.15) is 5.82 Å². The number of nitrogens with one attached hydrogen (secondary N) is 1. The Morgan fingerprint density at radius 2 is 2.13 bits per heavy atom. The van der Waals surface area contributed by atoms with Crippen molar-refractivity contribution in [1.29, 1.82) is 0 Å². The molecule has 0 aromatic heterocycles. The van der Waals surface area contributed by atoms with Gasteiger partial charge in [-0.15, -0.1) is 0 Å². The molecule has 1 nitrogen and oxygen atoms in total. The second-order valence-electron chi connectivity index (χ2n) is 3.88. The topological polar surface area (TPSA) is 12.0 Å². The molecule has 1 aromatic carbocycles. The number of halogens is 3. The van der Waals surface area contributed by atoms with Crippen molar-refractivity contribution in [2.45, 2.75) is 20.4 Å². The zero-order valence-electron chi connectivity index (χ0n) is 8.78. The highest BCUT2D eigenvalue weighted by Crippen LogP contribution is 2.24. The summed E-state index contributed by atoms with van der Waals surface area (Å²) in [5.74, 6) is 0.296. The van der Waals surface area contributed by atoms with Crippen LogP contribution in [0, 0.1) is 11.7 Å². The molecule has 0 spiro atoms. The first kappa shape index (κ1) is 12.9. The summed E-state index contributed by atoms with van der Waals surface area (Å²) in [5.41, 5.74) is 0.790. The van der Waals surface area contributed by atoms with E-state index in [1.54, 1.807) is 6.07 Å². The molecule has 0 saturated heterocycles. The molecule has 0 aliphatic heterocycles. The highest BCUT2D eigenvalue weighted by molar-refractivity contribution is 9.10. The predicted octanol–water partition coefficient (Wildman–Crippen LogP) is 3.99. The van der Waals surface area contributed by atoms with Crippen LogP contribution in [0.25, 0.3) is 0 Å². The standard InChI is InChI=1S/C11H14BrClFN/c1-7(2)5-15-6-8-3-11(14)9(12)4-10(8)13/h3-4,7,15H,5-6H2,1-2H3. The van der Waals surface area contributed by atoms with Crippen molar-refractivity contribution < 1.29 is 4.39 Å². The van der Waals surface area contributed by atoms with E-state index in [0.29, 0.717) is 22.0 Å². The minimum atomic E-state index is -0.277. The third kappa shape index (κ3) is 4.09. The van der Waals surface area contributed by atoms with E-state index in [0.717, 1.165) is 12.1 Å². The van der Waals surface area contributed by atoms with Gasteiger partial charge in [0.05, 0.1) is 4.47 Å². The second-order valence-corrected chi connectivity index (χ2v) is 5.14. The molecule has 0 unspecified atom stereocenters. The zero-order valence-corrected chi connectivity index (χ0v) is 11.1. The monoisotopic (exact) mass is 293 g/mol. The Bertz CT molecular complexity index is 342. The van der Waals surface area contributed by atoms with Crippen LogP contribution in [0.2, 0.25) is 5.02 Å². The maximum absolute atomic E-state index is 13.2. The van der Waals surface area contributed by atoms with Gasteiger partial charge in [-0.3, -0.25) is 0 Å². The van der Waals surface area contributed by atoms with Crippen molar-refractivity contribution in [3.8, 4) is 0 Å². The summed E-state index contributed by atoms with van der Waals surface area (Å²) < 4.78 is 13.6. The molecule has 0 aliphatic rings. The lowest BCUT2D eigenvalue weighted by atomic mass is 10.2. The molecule has 0 saturated carbocycles. The molecule has 1 rings (SSSR count). The fraction of sp³-hybridized carbons (Fsp3) is 0.455. The first-order chi connectivity index (χ1) is 7.00. The first-order valence-electron chi connectivity index (χ1n) is 4.85. The van der Waals surface area contributed by atoms with Crippen LogP contribution in [0.15, 0.2) is 16.6 Å². The van der Waals surface area contributed by atoms with E-state index in [-0.39, 0.29) is 5.82 Å². The van der Waals surface area contributed by atoms with E-state index in [1.807, 2.05) is 0 Å². The number of hydrogen-bond acceptors (Lipinski definition) is 1. The first-order valence-corrected chi connectivity index (χ1v) is 6.02. The summed E-state index contributed by atoms with van der Waals surface area (Å²) in [5, 5.41) is 3.81. The van der Waals surface area contributed by atoms with Gasteiger partial charge in [-0.05, 0) is 46.1 Å². The molecule has 0 amide bonds. The smallest absolute Gasteiger partial charge is 0.137 e. The summed E-state index contributed by atoms with van der Waals surface area (Å²) in [6, 6.07) is 3.04. The van der Waals surface area contributed by atoms with Gasteiger partial charge >= 0.3 is 0 Å². The largest absolute Gasteiger partial charge is 0.312 e. The quantitative estimate of drug-likeness (QED) is 0.828. The van der Waals surface area contributed by atoms with Gasteiger partial charge in [-0.2, -0.15) is 0 Å². The van der Waals surface area contributed by atoms with E-state index in [9.17, 15) is 4.39 Å².